The van der Waals surface area contributed by atoms with Gasteiger partial charge in [0.1, 0.15) is 0 Å². The van der Waals surface area contributed by atoms with Crippen LogP contribution in [0, 0.1) is 0 Å². The fourth-order valence-corrected chi connectivity index (χ4v) is 0.791. The Balaban J connectivity index is 4.17. The highest BCUT2D eigenvalue weighted by atomic mass is 16.5. The molecule has 6 heteroatoms. The van der Waals surface area contributed by atoms with Crippen molar-refractivity contribution in [1.29, 1.82) is 0 Å². The Morgan fingerprint density at radius 3 is 2.43 bits per heavy atom. The first kappa shape index (κ1) is 12.3. The van der Waals surface area contributed by atoms with Gasteiger partial charge >= 0.3 is 11.9 Å². The minimum Gasteiger partial charge on any atom is -0.469 e. The van der Waals surface area contributed by atoms with Crippen molar-refractivity contribution < 1.29 is 23.9 Å². The molecule has 1 atom stereocenters. The third-order valence-corrected chi connectivity index (χ3v) is 1.53. The molecule has 0 aliphatic carbocycles. The number of methoxy groups -OCH3 is 2. The maximum Gasteiger partial charge on any atom is 0.331 e. The summed E-state index contributed by atoms with van der Waals surface area (Å²) in [5, 5.41) is 0. The van der Waals surface area contributed by atoms with Crippen LogP contribution < -0.4 is 0 Å². The third kappa shape index (κ3) is 4.37. The minimum absolute atomic E-state index is 0.00144. The molecule has 0 aliphatic rings. The van der Waals surface area contributed by atoms with E-state index in [9.17, 15) is 14.4 Å². The lowest BCUT2D eigenvalue weighted by Gasteiger charge is -2.06. The number of ether oxygens (including phenoxy) is 2. The summed E-state index contributed by atoms with van der Waals surface area (Å²) in [6, 6.07) is -0.975. The molecule has 0 saturated heterocycles. The standard InChI is InChI=1S/C8H11NO5/c1-13-7(11)4-3-6(9-5-10)8(12)14-2/h6H,3-4H2,1-2H3/t6-/m0/s1. The molecule has 0 aromatic heterocycles. The van der Waals surface area contributed by atoms with E-state index >= 15 is 0 Å². The second kappa shape index (κ2) is 6.80. The minimum atomic E-state index is -0.975. The molecule has 0 N–H and O–H groups in total. The van der Waals surface area contributed by atoms with Crippen LogP contribution in [0.2, 0.25) is 0 Å². The summed E-state index contributed by atoms with van der Waals surface area (Å²) in [5.74, 6) is -1.14. The van der Waals surface area contributed by atoms with Gasteiger partial charge in [0.05, 0.1) is 14.2 Å². The van der Waals surface area contributed by atoms with E-state index in [0.29, 0.717) is 0 Å². The molecule has 14 heavy (non-hydrogen) atoms. The van der Waals surface area contributed by atoms with E-state index in [4.69, 9.17) is 0 Å². The lowest BCUT2D eigenvalue weighted by Crippen LogP contribution is -2.21. The molecule has 0 aliphatic heterocycles. The molecule has 6 nitrogen and oxygen atoms in total. The van der Waals surface area contributed by atoms with Crippen LogP contribution in [0.25, 0.3) is 0 Å². The molecule has 0 radical (unpaired) electrons. The van der Waals surface area contributed by atoms with Crippen LogP contribution in [-0.2, 0) is 23.9 Å². The first-order valence-corrected chi connectivity index (χ1v) is 3.87. The van der Waals surface area contributed by atoms with Crippen molar-refractivity contribution in [1.82, 2.24) is 0 Å². The molecular formula is C8H11NO5. The largest absolute Gasteiger partial charge is 0.469 e. The first-order valence-electron chi connectivity index (χ1n) is 3.87. The topological polar surface area (TPSA) is 82.0 Å². The van der Waals surface area contributed by atoms with Crippen molar-refractivity contribution in [3.8, 4) is 0 Å². The van der Waals surface area contributed by atoms with Crippen molar-refractivity contribution in [3.63, 3.8) is 0 Å². The Hall–Kier alpha value is -1.68. The quantitative estimate of drug-likeness (QED) is 0.350. The lowest BCUT2D eigenvalue weighted by atomic mass is 10.2. The monoisotopic (exact) mass is 201 g/mol. The Morgan fingerprint density at radius 2 is 2.00 bits per heavy atom. The number of nitrogens with zero attached hydrogens (tertiary/aromatic N) is 1. The summed E-state index contributed by atoms with van der Waals surface area (Å²) >= 11 is 0. The number of carbonyl (C=O) groups is 2. The fourth-order valence-electron chi connectivity index (χ4n) is 0.791. The average molecular weight is 201 g/mol. The molecular weight excluding hydrogens is 190 g/mol. The molecule has 0 fully saturated rings. The first-order chi connectivity index (χ1) is 6.65. The van der Waals surface area contributed by atoms with E-state index in [0.717, 1.165) is 0 Å². The van der Waals surface area contributed by atoms with Crippen LogP contribution in [0.4, 0.5) is 0 Å². The van der Waals surface area contributed by atoms with Crippen molar-refractivity contribution in [2.75, 3.05) is 14.2 Å². The number of rotatable bonds is 5. The number of isocyanates is 1. The maximum atomic E-state index is 11.0. The third-order valence-electron chi connectivity index (χ3n) is 1.53. The Kier molecular flexibility index (Phi) is 5.98. The van der Waals surface area contributed by atoms with Crippen LogP contribution in [0.3, 0.4) is 0 Å². The Bertz CT molecular complexity index is 256. The molecule has 0 unspecified atom stereocenters. The Morgan fingerprint density at radius 1 is 1.36 bits per heavy atom. The van der Waals surface area contributed by atoms with Crippen LogP contribution >= 0.6 is 0 Å². The highest BCUT2D eigenvalue weighted by Crippen LogP contribution is 2.04. The molecule has 0 saturated carbocycles. The summed E-state index contributed by atoms with van der Waals surface area (Å²) in [7, 11) is 2.41. The fraction of sp³-hybridized carbons (Fsp3) is 0.625. The van der Waals surface area contributed by atoms with E-state index in [1.54, 1.807) is 0 Å². The molecule has 0 rings (SSSR count). The predicted octanol–water partition coefficient (Wildman–Crippen LogP) is -0.183. The summed E-state index contributed by atoms with van der Waals surface area (Å²) in [6.07, 6.45) is 1.33. The number of hydrogen-bond donors (Lipinski definition) is 0. The number of esters is 2. The van der Waals surface area contributed by atoms with Gasteiger partial charge in [-0.2, -0.15) is 4.99 Å². The van der Waals surface area contributed by atoms with Crippen LogP contribution in [0.5, 0.6) is 0 Å². The van der Waals surface area contributed by atoms with Crippen LogP contribution in [0.1, 0.15) is 12.8 Å². The zero-order valence-corrected chi connectivity index (χ0v) is 7.98. The van der Waals surface area contributed by atoms with E-state index in [2.05, 4.69) is 14.5 Å². The zero-order valence-electron chi connectivity index (χ0n) is 7.98. The van der Waals surface area contributed by atoms with Gasteiger partial charge in [-0.15, -0.1) is 0 Å². The van der Waals surface area contributed by atoms with Gasteiger partial charge in [0, 0.05) is 6.42 Å². The summed E-state index contributed by atoms with van der Waals surface area (Å²) < 4.78 is 8.73. The molecule has 78 valence electrons. The van der Waals surface area contributed by atoms with Gasteiger partial charge in [-0.25, -0.2) is 9.59 Å². The SMILES string of the molecule is COC(=O)CC[C@H](N=C=O)C(=O)OC. The smallest absolute Gasteiger partial charge is 0.331 e. The number of hydrogen-bond acceptors (Lipinski definition) is 6. The molecule has 0 amide bonds. The van der Waals surface area contributed by atoms with E-state index in [-0.39, 0.29) is 12.8 Å². The molecule has 0 aromatic carbocycles. The van der Waals surface area contributed by atoms with Crippen molar-refractivity contribution >= 4 is 18.0 Å². The molecule has 0 bridgehead atoms. The van der Waals surface area contributed by atoms with Gasteiger partial charge in [-0.1, -0.05) is 0 Å². The van der Waals surface area contributed by atoms with Gasteiger partial charge in [0.15, 0.2) is 6.04 Å². The Labute approximate surface area is 80.9 Å². The highest BCUT2D eigenvalue weighted by Gasteiger charge is 2.19. The highest BCUT2D eigenvalue weighted by molar-refractivity contribution is 5.78. The molecule has 0 heterocycles. The van der Waals surface area contributed by atoms with Crippen LogP contribution in [-0.4, -0.2) is 38.3 Å². The molecule has 0 spiro atoms. The normalized spacial score (nSPS) is 11.0. The zero-order chi connectivity index (χ0) is 11.0. The summed E-state index contributed by atoms with van der Waals surface area (Å²) in [6.45, 7) is 0. The number of carbonyl (C=O) groups excluding carboxylic acids is 3. The van der Waals surface area contributed by atoms with E-state index < -0.39 is 18.0 Å². The maximum absolute atomic E-state index is 11.0. The van der Waals surface area contributed by atoms with Gasteiger partial charge in [-0.3, -0.25) is 4.79 Å². The predicted molar refractivity (Wildman–Crippen MR) is 45.2 cm³/mol. The average Bonchev–Trinajstić information content (AvgIpc) is 2.22. The second-order valence-electron chi connectivity index (χ2n) is 2.37. The van der Waals surface area contributed by atoms with Crippen LogP contribution in [0.15, 0.2) is 4.99 Å². The lowest BCUT2D eigenvalue weighted by molar-refractivity contribution is -0.143. The van der Waals surface area contributed by atoms with E-state index in [1.165, 1.54) is 20.3 Å². The summed E-state index contributed by atoms with van der Waals surface area (Å²) in [5.41, 5.74) is 0. The van der Waals surface area contributed by atoms with Gasteiger partial charge in [0.25, 0.3) is 0 Å². The van der Waals surface area contributed by atoms with Gasteiger partial charge in [0.2, 0.25) is 6.08 Å². The second-order valence-corrected chi connectivity index (χ2v) is 2.37. The van der Waals surface area contributed by atoms with Crippen molar-refractivity contribution in [3.05, 3.63) is 0 Å². The van der Waals surface area contributed by atoms with Gasteiger partial charge in [-0.05, 0) is 6.42 Å². The number of aliphatic imine (C=N–C) groups is 1. The van der Waals surface area contributed by atoms with Crippen molar-refractivity contribution in [2.24, 2.45) is 4.99 Å². The van der Waals surface area contributed by atoms with Gasteiger partial charge < -0.3 is 9.47 Å². The summed E-state index contributed by atoms with van der Waals surface area (Å²) in [4.78, 5) is 34.8. The molecule has 0 aromatic rings. The van der Waals surface area contributed by atoms with E-state index in [1.807, 2.05) is 0 Å². The van der Waals surface area contributed by atoms with Crippen molar-refractivity contribution in [2.45, 2.75) is 18.9 Å².